The number of hydrogen-bond donors (Lipinski definition) is 1. The smallest absolute Gasteiger partial charge is 0.262 e. The third-order valence-electron chi connectivity index (χ3n) is 4.72. The molecule has 0 bridgehead atoms. The Labute approximate surface area is 171 Å². The number of carbonyl (C=O) groups is 1. The van der Waals surface area contributed by atoms with Crippen molar-refractivity contribution in [1.29, 1.82) is 0 Å². The van der Waals surface area contributed by atoms with Gasteiger partial charge in [0.2, 0.25) is 5.91 Å². The van der Waals surface area contributed by atoms with Gasteiger partial charge in [0.25, 0.3) is 10.0 Å². The number of benzene rings is 2. The molecule has 2 aromatic rings. The lowest BCUT2D eigenvalue weighted by molar-refractivity contribution is -0.116. The highest BCUT2D eigenvalue weighted by molar-refractivity contribution is 7.92. The zero-order valence-corrected chi connectivity index (χ0v) is 17.9. The second-order valence-electron chi connectivity index (χ2n) is 6.86. The maximum atomic E-state index is 13.0. The van der Waals surface area contributed by atoms with E-state index in [1.807, 2.05) is 20.8 Å². The lowest BCUT2D eigenvalue weighted by Gasteiger charge is -2.20. The van der Waals surface area contributed by atoms with Crippen LogP contribution in [0.4, 0.5) is 11.4 Å². The summed E-state index contributed by atoms with van der Waals surface area (Å²) in [6, 6.07) is 9.86. The minimum absolute atomic E-state index is 0.000782. The van der Waals surface area contributed by atoms with Gasteiger partial charge < -0.3 is 14.4 Å². The number of carbonyl (C=O) groups excluding carboxylic acids is 1. The van der Waals surface area contributed by atoms with Gasteiger partial charge in [0.15, 0.2) is 0 Å². The number of ether oxygens (including phenoxy) is 2. The van der Waals surface area contributed by atoms with Crippen LogP contribution in [0.1, 0.15) is 33.3 Å². The van der Waals surface area contributed by atoms with Crippen LogP contribution in [-0.2, 0) is 21.2 Å². The van der Waals surface area contributed by atoms with E-state index >= 15 is 0 Å². The summed E-state index contributed by atoms with van der Waals surface area (Å²) in [5, 5.41) is 0. The van der Waals surface area contributed by atoms with Crippen LogP contribution in [0.25, 0.3) is 0 Å². The molecule has 0 saturated carbocycles. The molecular weight excluding hydrogens is 392 g/mol. The molecule has 0 saturated heterocycles. The highest BCUT2D eigenvalue weighted by Gasteiger charge is 2.30. The Kier molecular flexibility index (Phi) is 6.02. The van der Waals surface area contributed by atoms with Gasteiger partial charge in [-0.2, -0.15) is 0 Å². The van der Waals surface area contributed by atoms with Crippen LogP contribution in [0.5, 0.6) is 11.5 Å². The lowest BCUT2D eigenvalue weighted by atomic mass is 10.1. The first kappa shape index (κ1) is 21.0. The standard InChI is InChI=1S/C21H26N2O5S/c1-5-27-17-7-10-21(28-6-2)19(13-17)22-29(25,26)18-8-9-20-16(12-18)11-14(3)23(20)15(4)24/h7-10,12-14,22H,5-6,11H2,1-4H3. The molecule has 7 nitrogen and oxygen atoms in total. The van der Waals surface area contributed by atoms with Crippen LogP contribution in [0.3, 0.4) is 0 Å². The second-order valence-corrected chi connectivity index (χ2v) is 8.54. The average Bonchev–Trinajstić information content (AvgIpc) is 2.99. The molecule has 1 amide bonds. The lowest BCUT2D eigenvalue weighted by Crippen LogP contribution is -2.33. The summed E-state index contributed by atoms with van der Waals surface area (Å²) < 4.78 is 39.7. The van der Waals surface area contributed by atoms with Crippen molar-refractivity contribution in [3.8, 4) is 11.5 Å². The van der Waals surface area contributed by atoms with Crippen molar-refractivity contribution in [3.63, 3.8) is 0 Å². The number of nitrogens with one attached hydrogen (secondary N) is 1. The number of rotatable bonds is 7. The van der Waals surface area contributed by atoms with Crippen LogP contribution >= 0.6 is 0 Å². The van der Waals surface area contributed by atoms with Crippen molar-refractivity contribution in [1.82, 2.24) is 0 Å². The van der Waals surface area contributed by atoms with Gasteiger partial charge in [0.1, 0.15) is 11.5 Å². The Bertz CT molecular complexity index is 1020. The number of hydrogen-bond acceptors (Lipinski definition) is 5. The molecule has 1 aliphatic heterocycles. The fourth-order valence-corrected chi connectivity index (χ4v) is 4.70. The van der Waals surface area contributed by atoms with Crippen molar-refractivity contribution < 1.29 is 22.7 Å². The van der Waals surface area contributed by atoms with E-state index in [4.69, 9.17) is 9.47 Å². The minimum atomic E-state index is -3.85. The third-order valence-corrected chi connectivity index (χ3v) is 6.09. The summed E-state index contributed by atoms with van der Waals surface area (Å²) >= 11 is 0. The Balaban J connectivity index is 1.94. The second kappa shape index (κ2) is 8.32. The molecule has 1 atom stereocenters. The molecule has 1 aliphatic rings. The summed E-state index contributed by atoms with van der Waals surface area (Å²) in [7, 11) is -3.85. The molecule has 0 fully saturated rings. The van der Waals surface area contributed by atoms with Crippen LogP contribution in [0, 0.1) is 0 Å². The summed E-state index contributed by atoms with van der Waals surface area (Å²) in [6.45, 7) is 8.02. The van der Waals surface area contributed by atoms with E-state index in [9.17, 15) is 13.2 Å². The zero-order chi connectivity index (χ0) is 21.2. The molecule has 0 spiro atoms. The monoisotopic (exact) mass is 418 g/mol. The van der Waals surface area contributed by atoms with Gasteiger partial charge in [0.05, 0.1) is 23.8 Å². The third kappa shape index (κ3) is 4.32. The predicted molar refractivity (Wildman–Crippen MR) is 112 cm³/mol. The Hall–Kier alpha value is -2.74. The number of amides is 1. The normalized spacial score (nSPS) is 15.7. The van der Waals surface area contributed by atoms with E-state index in [1.54, 1.807) is 35.2 Å². The van der Waals surface area contributed by atoms with E-state index in [2.05, 4.69) is 4.72 Å². The van der Waals surface area contributed by atoms with Gasteiger partial charge in [-0.3, -0.25) is 9.52 Å². The van der Waals surface area contributed by atoms with Crippen LogP contribution in [0.15, 0.2) is 41.3 Å². The number of fused-ring (bicyclic) bond motifs is 1. The summed E-state index contributed by atoms with van der Waals surface area (Å²) in [4.78, 5) is 13.7. The molecule has 2 aromatic carbocycles. The summed E-state index contributed by atoms with van der Waals surface area (Å²) in [5.41, 5.74) is 1.91. The van der Waals surface area contributed by atoms with Crippen LogP contribution in [-0.4, -0.2) is 33.6 Å². The highest BCUT2D eigenvalue weighted by atomic mass is 32.2. The average molecular weight is 419 g/mol. The van der Waals surface area contributed by atoms with Crippen molar-refractivity contribution in [2.75, 3.05) is 22.8 Å². The van der Waals surface area contributed by atoms with E-state index < -0.39 is 10.0 Å². The van der Waals surface area contributed by atoms with Crippen molar-refractivity contribution >= 4 is 27.3 Å². The van der Waals surface area contributed by atoms with Crippen molar-refractivity contribution in [3.05, 3.63) is 42.0 Å². The van der Waals surface area contributed by atoms with Crippen molar-refractivity contribution in [2.45, 2.75) is 45.1 Å². The van der Waals surface area contributed by atoms with E-state index in [0.717, 1.165) is 11.3 Å². The van der Waals surface area contributed by atoms with Gasteiger partial charge in [0, 0.05) is 24.7 Å². The topological polar surface area (TPSA) is 84.9 Å². The fraction of sp³-hybridized carbons (Fsp3) is 0.381. The van der Waals surface area contributed by atoms with Gasteiger partial charge in [-0.05, 0) is 63.1 Å². The molecule has 0 radical (unpaired) electrons. The molecule has 0 aliphatic carbocycles. The van der Waals surface area contributed by atoms with E-state index in [1.165, 1.54) is 13.0 Å². The molecular formula is C21H26N2O5S. The molecule has 1 N–H and O–H groups in total. The molecule has 3 rings (SSSR count). The minimum Gasteiger partial charge on any atom is -0.494 e. The Morgan fingerprint density at radius 1 is 1.14 bits per heavy atom. The van der Waals surface area contributed by atoms with Gasteiger partial charge >= 0.3 is 0 Å². The highest BCUT2D eigenvalue weighted by Crippen LogP contribution is 2.35. The SMILES string of the molecule is CCOc1ccc(OCC)c(NS(=O)(=O)c2ccc3c(c2)CC(C)N3C(C)=O)c1. The quantitative estimate of drug-likeness (QED) is 0.743. The maximum Gasteiger partial charge on any atom is 0.262 e. The fourth-order valence-electron chi connectivity index (χ4n) is 3.58. The zero-order valence-electron chi connectivity index (χ0n) is 17.1. The molecule has 0 aromatic heterocycles. The first-order valence-electron chi connectivity index (χ1n) is 9.62. The van der Waals surface area contributed by atoms with Crippen molar-refractivity contribution in [2.24, 2.45) is 0 Å². The predicted octanol–water partition coefficient (Wildman–Crippen LogP) is 3.58. The maximum absolute atomic E-state index is 13.0. The number of nitrogens with zero attached hydrogens (tertiary/aromatic N) is 1. The molecule has 29 heavy (non-hydrogen) atoms. The van der Waals surface area contributed by atoms with Crippen LogP contribution in [0.2, 0.25) is 0 Å². The molecule has 156 valence electrons. The largest absolute Gasteiger partial charge is 0.494 e. The number of anilines is 2. The van der Waals surface area contributed by atoms with Crippen LogP contribution < -0.4 is 19.1 Å². The van der Waals surface area contributed by atoms with Gasteiger partial charge in [-0.1, -0.05) is 0 Å². The summed E-state index contributed by atoms with van der Waals surface area (Å²) in [6.07, 6.45) is 0.613. The molecule has 1 unspecified atom stereocenters. The first-order valence-corrected chi connectivity index (χ1v) is 11.1. The molecule has 8 heteroatoms. The van der Waals surface area contributed by atoms with Gasteiger partial charge in [-0.25, -0.2) is 8.42 Å². The molecule has 1 heterocycles. The Morgan fingerprint density at radius 2 is 1.86 bits per heavy atom. The summed E-state index contributed by atoms with van der Waals surface area (Å²) in [5.74, 6) is 0.921. The number of sulfonamides is 1. The van der Waals surface area contributed by atoms with E-state index in [-0.39, 0.29) is 16.8 Å². The van der Waals surface area contributed by atoms with E-state index in [0.29, 0.717) is 36.8 Å². The first-order chi connectivity index (χ1) is 13.8. The Morgan fingerprint density at radius 3 is 2.52 bits per heavy atom. The van der Waals surface area contributed by atoms with Gasteiger partial charge in [-0.15, -0.1) is 0 Å².